The van der Waals surface area contributed by atoms with Crippen LogP contribution in [0, 0.1) is 5.92 Å². The number of nitrogens with two attached hydrogens (primary N) is 1. The number of carbonyl (C=O) groups excluding carboxylic acids is 1. The van der Waals surface area contributed by atoms with Crippen molar-refractivity contribution in [3.63, 3.8) is 0 Å². The summed E-state index contributed by atoms with van der Waals surface area (Å²) in [5, 5.41) is 0. The van der Waals surface area contributed by atoms with Gasteiger partial charge in [0.2, 0.25) is 5.91 Å². The molecule has 1 saturated heterocycles. The SMILES string of the molecule is CC[C@H](N)C(=O)N(Cc1ccccc1)CC1CCOCC1.Cl. The Morgan fingerprint density at radius 2 is 1.95 bits per heavy atom. The molecule has 1 heterocycles. The highest BCUT2D eigenvalue weighted by Crippen LogP contribution is 2.18. The Morgan fingerprint density at radius 3 is 2.55 bits per heavy atom. The van der Waals surface area contributed by atoms with Gasteiger partial charge in [-0.15, -0.1) is 12.4 Å². The smallest absolute Gasteiger partial charge is 0.239 e. The zero-order valence-corrected chi connectivity index (χ0v) is 14.1. The quantitative estimate of drug-likeness (QED) is 0.874. The highest BCUT2D eigenvalue weighted by atomic mass is 35.5. The zero-order chi connectivity index (χ0) is 15.1. The third-order valence-electron chi connectivity index (χ3n) is 4.10. The van der Waals surface area contributed by atoms with Crippen molar-refractivity contribution in [3.8, 4) is 0 Å². The van der Waals surface area contributed by atoms with Crippen LogP contribution in [0.25, 0.3) is 0 Å². The van der Waals surface area contributed by atoms with Crippen LogP contribution in [-0.4, -0.2) is 36.6 Å². The second-order valence-electron chi connectivity index (χ2n) is 5.77. The van der Waals surface area contributed by atoms with E-state index in [0.717, 1.165) is 38.2 Å². The summed E-state index contributed by atoms with van der Waals surface area (Å²) in [5.74, 6) is 0.586. The van der Waals surface area contributed by atoms with Crippen LogP contribution >= 0.6 is 12.4 Å². The molecule has 0 spiro atoms. The average molecular weight is 327 g/mol. The highest BCUT2D eigenvalue weighted by molar-refractivity contribution is 5.85. The lowest BCUT2D eigenvalue weighted by atomic mass is 9.99. The first-order valence-corrected chi connectivity index (χ1v) is 7.86. The molecule has 1 aliphatic heterocycles. The predicted molar refractivity (Wildman–Crippen MR) is 90.9 cm³/mol. The number of halogens is 1. The minimum Gasteiger partial charge on any atom is -0.381 e. The number of ether oxygens (including phenoxy) is 1. The van der Waals surface area contributed by atoms with Crippen molar-refractivity contribution >= 4 is 18.3 Å². The monoisotopic (exact) mass is 326 g/mol. The fourth-order valence-electron chi connectivity index (χ4n) is 2.69. The molecule has 2 rings (SSSR count). The Labute approximate surface area is 139 Å². The first-order chi connectivity index (χ1) is 10.2. The predicted octanol–water partition coefficient (Wildman–Crippen LogP) is 2.60. The Morgan fingerprint density at radius 1 is 1.32 bits per heavy atom. The van der Waals surface area contributed by atoms with E-state index in [-0.39, 0.29) is 18.3 Å². The van der Waals surface area contributed by atoms with Gasteiger partial charge in [-0.05, 0) is 30.7 Å². The fourth-order valence-corrected chi connectivity index (χ4v) is 2.69. The van der Waals surface area contributed by atoms with Crippen LogP contribution in [0.4, 0.5) is 0 Å². The molecule has 0 saturated carbocycles. The van der Waals surface area contributed by atoms with Gasteiger partial charge in [0.05, 0.1) is 6.04 Å². The van der Waals surface area contributed by atoms with Crippen molar-refractivity contribution in [2.75, 3.05) is 19.8 Å². The lowest BCUT2D eigenvalue weighted by molar-refractivity contribution is -0.134. The molecular formula is C17H27ClN2O2. The summed E-state index contributed by atoms with van der Waals surface area (Å²) in [6.45, 7) is 4.99. The van der Waals surface area contributed by atoms with Crippen molar-refractivity contribution in [2.24, 2.45) is 11.7 Å². The molecule has 1 aliphatic rings. The normalized spacial score (nSPS) is 16.6. The zero-order valence-electron chi connectivity index (χ0n) is 13.2. The Hall–Kier alpha value is -1.10. The van der Waals surface area contributed by atoms with Gasteiger partial charge in [0.15, 0.2) is 0 Å². The highest BCUT2D eigenvalue weighted by Gasteiger charge is 2.24. The summed E-state index contributed by atoms with van der Waals surface area (Å²) in [4.78, 5) is 14.5. The number of hydrogen-bond acceptors (Lipinski definition) is 3. The van der Waals surface area contributed by atoms with Crippen LogP contribution in [0.15, 0.2) is 30.3 Å². The number of rotatable bonds is 6. The lowest BCUT2D eigenvalue weighted by Gasteiger charge is -2.31. The van der Waals surface area contributed by atoms with Crippen molar-refractivity contribution < 1.29 is 9.53 Å². The summed E-state index contributed by atoms with van der Waals surface area (Å²) in [7, 11) is 0. The molecule has 0 aromatic heterocycles. The van der Waals surface area contributed by atoms with E-state index >= 15 is 0 Å². The summed E-state index contributed by atoms with van der Waals surface area (Å²) in [6.07, 6.45) is 2.73. The maximum Gasteiger partial charge on any atom is 0.239 e. The maximum atomic E-state index is 12.5. The van der Waals surface area contributed by atoms with E-state index in [0.29, 0.717) is 18.9 Å². The van der Waals surface area contributed by atoms with Crippen molar-refractivity contribution in [1.29, 1.82) is 0 Å². The van der Waals surface area contributed by atoms with E-state index in [1.807, 2.05) is 30.0 Å². The van der Waals surface area contributed by atoms with Gasteiger partial charge in [-0.1, -0.05) is 37.3 Å². The summed E-state index contributed by atoms with van der Waals surface area (Å²) in [6, 6.07) is 9.72. The Balaban J connectivity index is 0.00000242. The van der Waals surface area contributed by atoms with Crippen molar-refractivity contribution in [3.05, 3.63) is 35.9 Å². The maximum absolute atomic E-state index is 12.5. The number of amides is 1. The molecule has 0 unspecified atom stereocenters. The van der Waals surface area contributed by atoms with Crippen LogP contribution in [0.3, 0.4) is 0 Å². The van der Waals surface area contributed by atoms with Gasteiger partial charge < -0.3 is 15.4 Å². The van der Waals surface area contributed by atoms with Gasteiger partial charge in [0.25, 0.3) is 0 Å². The van der Waals surface area contributed by atoms with Gasteiger partial charge in [-0.3, -0.25) is 4.79 Å². The molecule has 5 heteroatoms. The Kier molecular flexibility index (Phi) is 8.46. The van der Waals surface area contributed by atoms with Crippen LogP contribution in [0.5, 0.6) is 0 Å². The molecular weight excluding hydrogens is 300 g/mol. The summed E-state index contributed by atoms with van der Waals surface area (Å²) < 4.78 is 5.40. The second kappa shape index (κ2) is 9.82. The first-order valence-electron chi connectivity index (χ1n) is 7.86. The third kappa shape index (κ3) is 5.59. The Bertz CT molecular complexity index is 436. The van der Waals surface area contributed by atoms with Crippen LogP contribution in [-0.2, 0) is 16.1 Å². The number of benzene rings is 1. The van der Waals surface area contributed by atoms with Crippen LogP contribution < -0.4 is 5.73 Å². The number of nitrogens with zero attached hydrogens (tertiary/aromatic N) is 1. The molecule has 1 atom stereocenters. The molecule has 0 aliphatic carbocycles. The standard InChI is InChI=1S/C17H26N2O2.ClH/c1-2-16(18)17(20)19(12-14-6-4-3-5-7-14)13-15-8-10-21-11-9-15;/h3-7,15-16H,2,8-13,18H2,1H3;1H/t16-;/m0./s1. The summed E-state index contributed by atoms with van der Waals surface area (Å²) >= 11 is 0. The molecule has 124 valence electrons. The molecule has 1 aromatic carbocycles. The number of hydrogen-bond donors (Lipinski definition) is 1. The van der Waals surface area contributed by atoms with E-state index in [1.165, 1.54) is 0 Å². The van der Waals surface area contributed by atoms with E-state index in [9.17, 15) is 4.79 Å². The third-order valence-corrected chi connectivity index (χ3v) is 4.10. The van der Waals surface area contributed by atoms with E-state index in [4.69, 9.17) is 10.5 Å². The van der Waals surface area contributed by atoms with Crippen molar-refractivity contribution in [2.45, 2.75) is 38.8 Å². The molecule has 0 bridgehead atoms. The van der Waals surface area contributed by atoms with Gasteiger partial charge >= 0.3 is 0 Å². The molecule has 1 aromatic rings. The first kappa shape index (κ1) is 18.9. The van der Waals surface area contributed by atoms with E-state index in [2.05, 4.69) is 12.1 Å². The second-order valence-corrected chi connectivity index (χ2v) is 5.77. The molecule has 22 heavy (non-hydrogen) atoms. The molecule has 4 nitrogen and oxygen atoms in total. The minimum atomic E-state index is -0.395. The summed E-state index contributed by atoms with van der Waals surface area (Å²) in [5.41, 5.74) is 7.11. The van der Waals surface area contributed by atoms with Crippen LogP contribution in [0.1, 0.15) is 31.7 Å². The van der Waals surface area contributed by atoms with Crippen molar-refractivity contribution in [1.82, 2.24) is 4.90 Å². The fraction of sp³-hybridized carbons (Fsp3) is 0.588. The largest absolute Gasteiger partial charge is 0.381 e. The van der Waals surface area contributed by atoms with Gasteiger partial charge in [-0.25, -0.2) is 0 Å². The van der Waals surface area contributed by atoms with Gasteiger partial charge in [0, 0.05) is 26.3 Å². The van der Waals surface area contributed by atoms with Gasteiger partial charge in [-0.2, -0.15) is 0 Å². The van der Waals surface area contributed by atoms with Gasteiger partial charge in [0.1, 0.15) is 0 Å². The molecule has 1 fully saturated rings. The topological polar surface area (TPSA) is 55.6 Å². The minimum absolute atomic E-state index is 0. The lowest BCUT2D eigenvalue weighted by Crippen LogP contribution is -2.45. The van der Waals surface area contributed by atoms with E-state index in [1.54, 1.807) is 0 Å². The molecule has 0 radical (unpaired) electrons. The molecule has 1 amide bonds. The molecule has 2 N–H and O–H groups in total. The van der Waals surface area contributed by atoms with Crippen LogP contribution in [0.2, 0.25) is 0 Å². The average Bonchev–Trinajstić information content (AvgIpc) is 2.54. The van der Waals surface area contributed by atoms with E-state index < -0.39 is 6.04 Å². The number of carbonyl (C=O) groups is 1.